The molecule has 0 spiro atoms. The fraction of sp³-hybridized carbons (Fsp3) is 0.478. The maximum absolute atomic E-state index is 10.6. The van der Waals surface area contributed by atoms with Gasteiger partial charge in [0.1, 0.15) is 0 Å². The van der Waals surface area contributed by atoms with E-state index in [2.05, 4.69) is 32.9 Å². The lowest BCUT2D eigenvalue weighted by Gasteiger charge is -2.35. The topological polar surface area (TPSA) is 40.7 Å². The van der Waals surface area contributed by atoms with Crippen molar-refractivity contribution in [2.24, 2.45) is 5.92 Å². The number of likely N-dealkylation sites (tertiary alicyclic amines) is 1. The summed E-state index contributed by atoms with van der Waals surface area (Å²) in [5.74, 6) is 1.01. The Hall–Kier alpha value is -2.22. The molecule has 1 aromatic heterocycles. The van der Waals surface area contributed by atoms with Gasteiger partial charge in [-0.1, -0.05) is 30.3 Å². The van der Waals surface area contributed by atoms with Crippen molar-refractivity contribution in [3.8, 4) is 0 Å². The Morgan fingerprint density at radius 1 is 1.11 bits per heavy atom. The summed E-state index contributed by atoms with van der Waals surface area (Å²) >= 11 is 0. The van der Waals surface area contributed by atoms with E-state index in [1.165, 1.54) is 11.1 Å². The molecule has 0 unspecified atom stereocenters. The van der Waals surface area contributed by atoms with Crippen LogP contribution in [-0.2, 0) is 6.42 Å². The smallest absolute Gasteiger partial charge is 0.190 e. The number of nitrogens with zero attached hydrogens (tertiary/aromatic N) is 3. The Morgan fingerprint density at radius 2 is 1.93 bits per heavy atom. The molecule has 4 heteroatoms. The normalized spacial score (nSPS) is 24.0. The summed E-state index contributed by atoms with van der Waals surface area (Å²) in [4.78, 5) is 10.7. The Kier molecular flexibility index (Phi) is 5.52. The van der Waals surface area contributed by atoms with Gasteiger partial charge in [-0.05, 0) is 74.2 Å². The van der Waals surface area contributed by atoms with Crippen molar-refractivity contribution in [2.75, 3.05) is 19.6 Å². The van der Waals surface area contributed by atoms with Crippen LogP contribution in [0, 0.1) is 12.5 Å². The Morgan fingerprint density at radius 3 is 2.74 bits per heavy atom. The highest BCUT2D eigenvalue weighted by atomic mass is 16.3. The molecule has 140 valence electrons. The molecule has 0 bridgehead atoms. The third-order valence-electron chi connectivity index (χ3n) is 6.22. The molecule has 1 aliphatic carbocycles. The Balaban J connectivity index is 1.34. The number of aryl methyl sites for hydroxylation is 1. The zero-order chi connectivity index (χ0) is 18.6. The number of benzene rings is 1. The third-order valence-corrected chi connectivity index (χ3v) is 6.22. The highest BCUT2D eigenvalue weighted by Gasteiger charge is 2.28. The van der Waals surface area contributed by atoms with Crippen molar-refractivity contribution in [2.45, 2.75) is 44.1 Å². The van der Waals surface area contributed by atoms with Gasteiger partial charge in [-0.3, -0.25) is 4.98 Å². The predicted molar refractivity (Wildman–Crippen MR) is 107 cm³/mol. The van der Waals surface area contributed by atoms with Gasteiger partial charge in [-0.25, -0.2) is 4.85 Å². The van der Waals surface area contributed by atoms with Gasteiger partial charge in [0, 0.05) is 12.7 Å². The van der Waals surface area contributed by atoms with Crippen LogP contribution in [0.15, 0.2) is 42.6 Å². The fourth-order valence-electron chi connectivity index (χ4n) is 4.76. The SMILES string of the molecule is [C-]#[N+]c1ccccc1C1CCN(C[C@@H]2CCc3cccnc3[C@@H](O)C2)CC1. The Bertz CT molecular complexity index is 820. The van der Waals surface area contributed by atoms with E-state index in [4.69, 9.17) is 6.57 Å². The zero-order valence-electron chi connectivity index (χ0n) is 15.7. The second-order valence-corrected chi connectivity index (χ2v) is 7.95. The summed E-state index contributed by atoms with van der Waals surface area (Å²) < 4.78 is 0. The molecular weight excluding hydrogens is 334 g/mol. The summed E-state index contributed by atoms with van der Waals surface area (Å²) in [6.07, 6.45) is 6.53. The average Bonchev–Trinajstić information content (AvgIpc) is 2.87. The number of rotatable bonds is 3. The summed E-state index contributed by atoms with van der Waals surface area (Å²) in [6, 6.07) is 12.1. The number of hydrogen-bond acceptors (Lipinski definition) is 3. The Labute approximate surface area is 161 Å². The standard InChI is InChI=1S/C23H27N3O/c1-24-21-7-3-2-6-20(21)18-10-13-26(14-11-18)16-17-8-9-19-5-4-12-25-23(19)22(27)15-17/h2-7,12,17-18,22,27H,8-11,13-16H2/t17-,22+/m1/s1. The number of hydrogen-bond donors (Lipinski definition) is 1. The van der Waals surface area contributed by atoms with Crippen LogP contribution in [0.4, 0.5) is 5.69 Å². The molecule has 0 radical (unpaired) electrons. The van der Waals surface area contributed by atoms with Crippen molar-refractivity contribution in [1.82, 2.24) is 9.88 Å². The number of aliphatic hydroxyl groups is 1. The van der Waals surface area contributed by atoms with Gasteiger partial charge in [0.25, 0.3) is 0 Å². The lowest BCUT2D eigenvalue weighted by atomic mass is 9.87. The molecule has 4 nitrogen and oxygen atoms in total. The van der Waals surface area contributed by atoms with E-state index in [-0.39, 0.29) is 0 Å². The first-order valence-corrected chi connectivity index (χ1v) is 10.0. The first kappa shape index (κ1) is 18.2. The first-order chi connectivity index (χ1) is 13.2. The minimum atomic E-state index is -0.434. The predicted octanol–water partition coefficient (Wildman–Crippen LogP) is 4.50. The van der Waals surface area contributed by atoms with E-state index in [0.29, 0.717) is 11.8 Å². The van der Waals surface area contributed by atoms with Gasteiger partial charge in [0.2, 0.25) is 0 Å². The molecule has 1 aromatic carbocycles. The van der Waals surface area contributed by atoms with Crippen molar-refractivity contribution < 1.29 is 5.11 Å². The minimum absolute atomic E-state index is 0.434. The van der Waals surface area contributed by atoms with Crippen LogP contribution in [0.5, 0.6) is 0 Å². The van der Waals surface area contributed by atoms with E-state index in [1.54, 1.807) is 6.20 Å². The number of piperidine rings is 1. The molecule has 1 aliphatic heterocycles. The van der Waals surface area contributed by atoms with Crippen LogP contribution >= 0.6 is 0 Å². The molecule has 0 saturated carbocycles. The summed E-state index contributed by atoms with van der Waals surface area (Å²) in [5, 5.41) is 10.6. The number of pyridine rings is 1. The van der Waals surface area contributed by atoms with Gasteiger partial charge in [0.05, 0.1) is 18.4 Å². The van der Waals surface area contributed by atoms with Gasteiger partial charge in [0.15, 0.2) is 5.69 Å². The molecule has 2 atom stereocenters. The van der Waals surface area contributed by atoms with Crippen LogP contribution in [-0.4, -0.2) is 34.6 Å². The lowest BCUT2D eigenvalue weighted by Crippen LogP contribution is -2.36. The summed E-state index contributed by atoms with van der Waals surface area (Å²) in [6.45, 7) is 10.6. The van der Waals surface area contributed by atoms with E-state index in [0.717, 1.165) is 63.1 Å². The number of aromatic nitrogens is 1. The molecule has 1 saturated heterocycles. The highest BCUT2D eigenvalue weighted by Crippen LogP contribution is 2.36. The van der Waals surface area contributed by atoms with Gasteiger partial charge >= 0.3 is 0 Å². The average molecular weight is 361 g/mol. The van der Waals surface area contributed by atoms with Crippen molar-refractivity contribution in [1.29, 1.82) is 0 Å². The highest BCUT2D eigenvalue weighted by molar-refractivity contribution is 5.53. The maximum atomic E-state index is 10.6. The largest absolute Gasteiger partial charge is 0.387 e. The van der Waals surface area contributed by atoms with Gasteiger partial charge in [-0.15, -0.1) is 0 Å². The second kappa shape index (κ2) is 8.21. The van der Waals surface area contributed by atoms with Crippen LogP contribution < -0.4 is 0 Å². The van der Waals surface area contributed by atoms with Crippen LogP contribution in [0.2, 0.25) is 0 Å². The molecule has 2 heterocycles. The fourth-order valence-corrected chi connectivity index (χ4v) is 4.76. The first-order valence-electron chi connectivity index (χ1n) is 10.0. The minimum Gasteiger partial charge on any atom is -0.387 e. The van der Waals surface area contributed by atoms with Crippen LogP contribution in [0.3, 0.4) is 0 Å². The molecule has 1 N–H and O–H groups in total. The molecule has 2 aliphatic rings. The van der Waals surface area contributed by atoms with E-state index < -0.39 is 6.10 Å². The van der Waals surface area contributed by atoms with Gasteiger partial charge < -0.3 is 10.0 Å². The quantitative estimate of drug-likeness (QED) is 0.646. The van der Waals surface area contributed by atoms with E-state index in [1.807, 2.05) is 18.2 Å². The van der Waals surface area contributed by atoms with Crippen LogP contribution in [0.25, 0.3) is 4.85 Å². The number of para-hydroxylation sites is 1. The van der Waals surface area contributed by atoms with E-state index >= 15 is 0 Å². The molecular formula is C23H27N3O. The van der Waals surface area contributed by atoms with Crippen molar-refractivity contribution in [3.63, 3.8) is 0 Å². The zero-order valence-corrected chi connectivity index (χ0v) is 15.7. The summed E-state index contributed by atoms with van der Waals surface area (Å²) in [7, 11) is 0. The van der Waals surface area contributed by atoms with Crippen LogP contribution in [0.1, 0.15) is 54.5 Å². The molecule has 27 heavy (non-hydrogen) atoms. The second-order valence-electron chi connectivity index (χ2n) is 7.95. The summed E-state index contributed by atoms with van der Waals surface area (Å²) in [5.41, 5.74) is 4.13. The molecule has 2 aromatic rings. The number of aliphatic hydroxyl groups excluding tert-OH is 1. The van der Waals surface area contributed by atoms with Crippen molar-refractivity contribution in [3.05, 3.63) is 70.8 Å². The third kappa shape index (κ3) is 4.05. The lowest BCUT2D eigenvalue weighted by molar-refractivity contribution is 0.114. The molecule has 4 rings (SSSR count). The molecule has 1 fully saturated rings. The monoisotopic (exact) mass is 361 g/mol. The van der Waals surface area contributed by atoms with Crippen molar-refractivity contribution >= 4 is 5.69 Å². The number of fused-ring (bicyclic) bond motifs is 1. The van der Waals surface area contributed by atoms with Gasteiger partial charge in [-0.2, -0.15) is 0 Å². The van der Waals surface area contributed by atoms with E-state index in [9.17, 15) is 5.11 Å². The maximum Gasteiger partial charge on any atom is 0.190 e. The molecule has 0 amide bonds.